The molecule has 2 amide bonds. The standard InChI is InChI=1S/C20H24ClN3O3S/c1-14(18(17-3-2-12-28-17)24-8-10-27-11-9-24)23-20(26)19(25)22-13-15-4-6-16(21)7-5-15/h2-7,12,14,18H,8-11,13H2,1H3,(H,22,25)(H,23,26)/p+1/t14-,18-/m0/s1. The lowest BCUT2D eigenvalue weighted by atomic mass is 10.1. The van der Waals surface area contributed by atoms with Crippen LogP contribution in [0.3, 0.4) is 0 Å². The number of halogens is 1. The molecule has 8 heteroatoms. The fraction of sp³-hybridized carbons (Fsp3) is 0.400. The van der Waals surface area contributed by atoms with Crippen molar-refractivity contribution in [3.63, 3.8) is 0 Å². The third kappa shape index (κ3) is 5.54. The zero-order valence-electron chi connectivity index (χ0n) is 15.7. The highest BCUT2D eigenvalue weighted by molar-refractivity contribution is 7.10. The Bertz CT molecular complexity index is 777. The van der Waals surface area contributed by atoms with Crippen molar-refractivity contribution in [2.75, 3.05) is 26.3 Å². The van der Waals surface area contributed by atoms with Gasteiger partial charge in [0.2, 0.25) is 0 Å². The lowest BCUT2D eigenvalue weighted by Crippen LogP contribution is -3.15. The van der Waals surface area contributed by atoms with Gasteiger partial charge in [0.15, 0.2) is 0 Å². The Morgan fingerprint density at radius 2 is 1.89 bits per heavy atom. The predicted molar refractivity (Wildman–Crippen MR) is 109 cm³/mol. The maximum absolute atomic E-state index is 12.4. The van der Waals surface area contributed by atoms with Gasteiger partial charge in [0, 0.05) is 11.6 Å². The molecular weight excluding hydrogens is 398 g/mol. The minimum atomic E-state index is -0.635. The number of benzene rings is 1. The highest BCUT2D eigenvalue weighted by Crippen LogP contribution is 2.20. The number of hydrogen-bond acceptors (Lipinski definition) is 4. The van der Waals surface area contributed by atoms with Crippen LogP contribution < -0.4 is 15.5 Å². The van der Waals surface area contributed by atoms with Crippen LogP contribution in [0.2, 0.25) is 5.02 Å². The third-order valence-corrected chi connectivity index (χ3v) is 6.06. The van der Waals surface area contributed by atoms with Crippen LogP contribution in [0, 0.1) is 0 Å². The Hall–Kier alpha value is -1.93. The van der Waals surface area contributed by atoms with Gasteiger partial charge in [-0.05, 0) is 36.1 Å². The van der Waals surface area contributed by atoms with Crippen LogP contribution in [0.25, 0.3) is 0 Å². The molecule has 0 unspecified atom stereocenters. The zero-order chi connectivity index (χ0) is 19.9. The minimum Gasteiger partial charge on any atom is -0.370 e. The summed E-state index contributed by atoms with van der Waals surface area (Å²) in [6, 6.07) is 11.2. The first-order chi connectivity index (χ1) is 13.5. The van der Waals surface area contributed by atoms with Crippen molar-refractivity contribution >= 4 is 34.8 Å². The van der Waals surface area contributed by atoms with Crippen molar-refractivity contribution in [1.82, 2.24) is 10.6 Å². The van der Waals surface area contributed by atoms with E-state index in [1.54, 1.807) is 23.5 Å². The Kier molecular flexibility index (Phi) is 7.44. The molecule has 150 valence electrons. The molecule has 0 bridgehead atoms. The maximum Gasteiger partial charge on any atom is 0.309 e. The number of hydrogen-bond donors (Lipinski definition) is 3. The van der Waals surface area contributed by atoms with E-state index < -0.39 is 11.8 Å². The van der Waals surface area contributed by atoms with E-state index in [2.05, 4.69) is 16.7 Å². The average molecular weight is 423 g/mol. The van der Waals surface area contributed by atoms with E-state index in [-0.39, 0.29) is 18.6 Å². The van der Waals surface area contributed by atoms with Gasteiger partial charge in [-0.3, -0.25) is 9.59 Å². The number of thiophene rings is 1. The zero-order valence-corrected chi connectivity index (χ0v) is 17.3. The molecule has 2 aromatic rings. The van der Waals surface area contributed by atoms with E-state index in [1.165, 1.54) is 9.78 Å². The van der Waals surface area contributed by atoms with Gasteiger partial charge < -0.3 is 20.3 Å². The molecule has 1 aromatic carbocycles. The number of nitrogens with one attached hydrogen (secondary N) is 3. The van der Waals surface area contributed by atoms with Crippen LogP contribution >= 0.6 is 22.9 Å². The molecular formula is C20H25ClN3O3S+. The average Bonchev–Trinajstić information content (AvgIpc) is 3.22. The molecule has 28 heavy (non-hydrogen) atoms. The first-order valence-corrected chi connectivity index (χ1v) is 10.6. The largest absolute Gasteiger partial charge is 0.370 e. The summed E-state index contributed by atoms with van der Waals surface area (Å²) in [5, 5.41) is 8.21. The van der Waals surface area contributed by atoms with E-state index in [1.807, 2.05) is 30.5 Å². The molecule has 1 saturated heterocycles. The van der Waals surface area contributed by atoms with Gasteiger partial charge in [0.25, 0.3) is 0 Å². The number of ether oxygens (including phenoxy) is 1. The predicted octanol–water partition coefficient (Wildman–Crippen LogP) is 1.18. The number of morpholine rings is 1. The molecule has 1 fully saturated rings. The molecule has 3 rings (SSSR count). The molecule has 1 aliphatic heterocycles. The summed E-state index contributed by atoms with van der Waals surface area (Å²) in [6.07, 6.45) is 0. The molecule has 1 aromatic heterocycles. The van der Waals surface area contributed by atoms with E-state index in [0.29, 0.717) is 18.2 Å². The molecule has 3 N–H and O–H groups in total. The van der Waals surface area contributed by atoms with Gasteiger partial charge >= 0.3 is 11.8 Å². The molecule has 0 aliphatic carbocycles. The molecule has 0 saturated carbocycles. The normalized spacial score (nSPS) is 16.9. The van der Waals surface area contributed by atoms with Gasteiger partial charge in [-0.15, -0.1) is 11.3 Å². The van der Waals surface area contributed by atoms with Gasteiger partial charge in [-0.1, -0.05) is 29.8 Å². The second-order valence-corrected chi connectivity index (χ2v) is 8.25. The summed E-state index contributed by atoms with van der Waals surface area (Å²) in [4.78, 5) is 27.2. The molecule has 0 radical (unpaired) electrons. The second-order valence-electron chi connectivity index (χ2n) is 6.83. The highest BCUT2D eigenvalue weighted by atomic mass is 35.5. The molecule has 2 heterocycles. The van der Waals surface area contributed by atoms with Crippen LogP contribution in [-0.2, 0) is 20.9 Å². The number of carbonyl (C=O) groups is 2. The van der Waals surface area contributed by atoms with Gasteiger partial charge in [0.1, 0.15) is 19.1 Å². The van der Waals surface area contributed by atoms with Crippen molar-refractivity contribution < 1.29 is 19.2 Å². The summed E-state index contributed by atoms with van der Waals surface area (Å²) in [6.45, 7) is 5.41. The summed E-state index contributed by atoms with van der Waals surface area (Å²) in [7, 11) is 0. The SMILES string of the molecule is C[C@H](NC(=O)C(=O)NCc1ccc(Cl)cc1)[C@@H](c1cccs1)[NH+]1CCOCC1. The Morgan fingerprint density at radius 1 is 1.18 bits per heavy atom. The Morgan fingerprint density at radius 3 is 2.54 bits per heavy atom. The molecule has 0 spiro atoms. The number of quaternary nitrogens is 1. The topological polar surface area (TPSA) is 71.9 Å². The first kappa shape index (κ1) is 20.8. The quantitative estimate of drug-likeness (QED) is 0.612. The van der Waals surface area contributed by atoms with Crippen molar-refractivity contribution in [3.8, 4) is 0 Å². The molecule has 2 atom stereocenters. The fourth-order valence-corrected chi connectivity index (χ4v) is 4.55. The number of amides is 2. The van der Waals surface area contributed by atoms with E-state index >= 15 is 0 Å². The van der Waals surface area contributed by atoms with Gasteiger partial charge in [-0.25, -0.2) is 0 Å². The van der Waals surface area contributed by atoms with E-state index in [9.17, 15) is 9.59 Å². The fourth-order valence-electron chi connectivity index (χ4n) is 3.43. The summed E-state index contributed by atoms with van der Waals surface area (Å²) >= 11 is 7.53. The summed E-state index contributed by atoms with van der Waals surface area (Å²) in [5.41, 5.74) is 0.882. The van der Waals surface area contributed by atoms with E-state index in [0.717, 1.165) is 18.7 Å². The Labute approximate surface area is 173 Å². The van der Waals surface area contributed by atoms with Crippen molar-refractivity contribution in [2.24, 2.45) is 0 Å². The smallest absolute Gasteiger partial charge is 0.309 e. The summed E-state index contributed by atoms with van der Waals surface area (Å²) < 4.78 is 5.47. The number of rotatable bonds is 6. The van der Waals surface area contributed by atoms with Crippen LogP contribution in [0.5, 0.6) is 0 Å². The van der Waals surface area contributed by atoms with E-state index in [4.69, 9.17) is 16.3 Å². The van der Waals surface area contributed by atoms with Crippen LogP contribution in [0.4, 0.5) is 0 Å². The maximum atomic E-state index is 12.4. The van der Waals surface area contributed by atoms with Crippen molar-refractivity contribution in [3.05, 3.63) is 57.2 Å². The second kappa shape index (κ2) is 10.0. The lowest BCUT2D eigenvalue weighted by molar-refractivity contribution is -0.939. The van der Waals surface area contributed by atoms with Crippen molar-refractivity contribution in [2.45, 2.75) is 25.6 Å². The monoisotopic (exact) mass is 422 g/mol. The van der Waals surface area contributed by atoms with Gasteiger partial charge in [0.05, 0.1) is 24.1 Å². The van der Waals surface area contributed by atoms with Crippen LogP contribution in [0.1, 0.15) is 23.4 Å². The van der Waals surface area contributed by atoms with Crippen LogP contribution in [0.15, 0.2) is 41.8 Å². The number of carbonyl (C=O) groups excluding carboxylic acids is 2. The van der Waals surface area contributed by atoms with Crippen molar-refractivity contribution in [1.29, 1.82) is 0 Å². The highest BCUT2D eigenvalue weighted by Gasteiger charge is 2.33. The first-order valence-electron chi connectivity index (χ1n) is 9.33. The minimum absolute atomic E-state index is 0.0944. The van der Waals surface area contributed by atoms with Gasteiger partial charge in [-0.2, -0.15) is 0 Å². The summed E-state index contributed by atoms with van der Waals surface area (Å²) in [5.74, 6) is -1.25. The third-order valence-electron chi connectivity index (χ3n) is 4.86. The Balaban J connectivity index is 1.58. The van der Waals surface area contributed by atoms with Crippen LogP contribution in [-0.4, -0.2) is 44.2 Å². The lowest BCUT2D eigenvalue weighted by Gasteiger charge is -2.34. The molecule has 6 nitrogen and oxygen atoms in total. The molecule has 1 aliphatic rings.